The van der Waals surface area contributed by atoms with Crippen LogP contribution in [-0.4, -0.2) is 11.1 Å². The maximum absolute atomic E-state index is 12.6. The van der Waals surface area contributed by atoms with Gasteiger partial charge in [0.1, 0.15) is 17.0 Å². The molecule has 22 heavy (non-hydrogen) atoms. The first kappa shape index (κ1) is 14.5. The molecule has 0 aliphatic heterocycles. The molecule has 1 N–H and O–H groups in total. The number of nitrogens with zero attached hydrogens (tertiary/aromatic N) is 1. The lowest BCUT2D eigenvalue weighted by atomic mass is 10.1. The van der Waals surface area contributed by atoms with Crippen molar-refractivity contribution < 1.29 is 9.32 Å². The van der Waals surface area contributed by atoms with Gasteiger partial charge in [0.2, 0.25) is 0 Å². The van der Waals surface area contributed by atoms with Crippen LogP contribution < -0.4 is 5.32 Å². The summed E-state index contributed by atoms with van der Waals surface area (Å²) < 4.78 is 6.03. The van der Waals surface area contributed by atoms with Gasteiger partial charge in [-0.1, -0.05) is 47.6 Å². The van der Waals surface area contributed by atoms with Gasteiger partial charge in [0.15, 0.2) is 0 Å². The molecule has 0 aliphatic rings. The van der Waals surface area contributed by atoms with Crippen LogP contribution in [0.25, 0.3) is 11.3 Å². The molecule has 4 nitrogen and oxygen atoms in total. The second kappa shape index (κ2) is 6.15. The quantitative estimate of drug-likeness (QED) is 0.741. The molecule has 1 aromatic heterocycles. The topological polar surface area (TPSA) is 55.1 Å². The fourth-order valence-corrected chi connectivity index (χ4v) is 2.56. The summed E-state index contributed by atoms with van der Waals surface area (Å²) in [5.41, 5.74) is 2.54. The Bertz CT molecular complexity index is 813. The van der Waals surface area contributed by atoms with Crippen LogP contribution in [0, 0.1) is 6.92 Å². The molecule has 3 aromatic rings. The number of halogens is 1. The second-order valence-corrected chi connectivity index (χ2v) is 5.62. The van der Waals surface area contributed by atoms with E-state index in [1.54, 1.807) is 6.92 Å². The van der Waals surface area contributed by atoms with Gasteiger partial charge >= 0.3 is 0 Å². The summed E-state index contributed by atoms with van der Waals surface area (Å²) in [4.78, 5) is 12.6. The summed E-state index contributed by atoms with van der Waals surface area (Å²) in [6, 6.07) is 16.9. The van der Waals surface area contributed by atoms with Gasteiger partial charge < -0.3 is 9.84 Å². The van der Waals surface area contributed by atoms with Crippen molar-refractivity contribution in [2.45, 2.75) is 6.92 Å². The lowest BCUT2D eigenvalue weighted by molar-refractivity contribution is 0.102. The Morgan fingerprint density at radius 2 is 1.77 bits per heavy atom. The third kappa shape index (κ3) is 2.80. The lowest BCUT2D eigenvalue weighted by Gasteiger charge is -2.07. The Balaban J connectivity index is 1.97. The monoisotopic (exact) mass is 356 g/mol. The first-order valence-corrected chi connectivity index (χ1v) is 7.53. The predicted molar refractivity (Wildman–Crippen MR) is 88.8 cm³/mol. The third-order valence-corrected chi connectivity index (χ3v) is 3.95. The Morgan fingerprint density at radius 1 is 1.09 bits per heavy atom. The third-order valence-electron chi connectivity index (χ3n) is 3.26. The number of carbonyl (C=O) groups is 1. The number of aromatic nitrogens is 1. The van der Waals surface area contributed by atoms with Crippen molar-refractivity contribution in [3.63, 3.8) is 0 Å². The number of hydrogen-bond acceptors (Lipinski definition) is 3. The number of aryl methyl sites for hydroxylation is 1. The van der Waals surface area contributed by atoms with E-state index in [9.17, 15) is 4.79 Å². The summed E-state index contributed by atoms with van der Waals surface area (Å²) in [6.07, 6.45) is 0. The van der Waals surface area contributed by atoms with Gasteiger partial charge in [0.25, 0.3) is 5.91 Å². The van der Waals surface area contributed by atoms with Crippen molar-refractivity contribution in [2.75, 3.05) is 5.32 Å². The summed E-state index contributed by atoms with van der Waals surface area (Å²) in [6.45, 7) is 1.73. The zero-order valence-corrected chi connectivity index (χ0v) is 13.4. The van der Waals surface area contributed by atoms with E-state index in [2.05, 4.69) is 26.4 Å². The number of amides is 1. The Kier molecular flexibility index (Phi) is 4.06. The van der Waals surface area contributed by atoms with Gasteiger partial charge in [-0.25, -0.2) is 0 Å². The molecule has 1 amide bonds. The van der Waals surface area contributed by atoms with Gasteiger partial charge in [-0.15, -0.1) is 0 Å². The van der Waals surface area contributed by atoms with Gasteiger partial charge in [-0.05, 0) is 35.0 Å². The summed E-state index contributed by atoms with van der Waals surface area (Å²) >= 11 is 3.42. The maximum atomic E-state index is 12.6. The molecule has 0 spiro atoms. The Labute approximate surface area is 136 Å². The molecule has 0 saturated heterocycles. The van der Waals surface area contributed by atoms with Crippen molar-refractivity contribution in [1.29, 1.82) is 0 Å². The second-order valence-electron chi connectivity index (χ2n) is 4.76. The fourth-order valence-electron chi connectivity index (χ4n) is 2.18. The smallest absolute Gasteiger partial charge is 0.261 e. The van der Waals surface area contributed by atoms with Crippen molar-refractivity contribution in [3.05, 3.63) is 70.4 Å². The van der Waals surface area contributed by atoms with Gasteiger partial charge in [-0.2, -0.15) is 0 Å². The summed E-state index contributed by atoms with van der Waals surface area (Å²) in [5, 5.41) is 6.90. The first-order valence-electron chi connectivity index (χ1n) is 6.74. The number of anilines is 1. The number of rotatable bonds is 3. The molecular formula is C17H13BrN2O2. The molecule has 0 atom stereocenters. The molecule has 1 heterocycles. The molecule has 0 saturated carbocycles. The SMILES string of the molecule is Cc1onc(-c2ccccc2)c1C(=O)Nc1ccccc1Br. The minimum Gasteiger partial charge on any atom is -0.360 e. The Morgan fingerprint density at radius 3 is 2.50 bits per heavy atom. The highest BCUT2D eigenvalue weighted by atomic mass is 79.9. The van der Waals surface area contributed by atoms with E-state index >= 15 is 0 Å². The van der Waals surface area contributed by atoms with E-state index in [0.717, 1.165) is 10.0 Å². The van der Waals surface area contributed by atoms with E-state index in [1.165, 1.54) is 0 Å². The number of benzene rings is 2. The molecule has 2 aromatic carbocycles. The van der Waals surface area contributed by atoms with Crippen LogP contribution in [0.1, 0.15) is 16.1 Å². The number of hydrogen-bond donors (Lipinski definition) is 1. The molecule has 0 bridgehead atoms. The van der Waals surface area contributed by atoms with E-state index in [-0.39, 0.29) is 5.91 Å². The lowest BCUT2D eigenvalue weighted by Crippen LogP contribution is -2.13. The van der Waals surface area contributed by atoms with Crippen LogP contribution in [0.5, 0.6) is 0 Å². The number of nitrogens with one attached hydrogen (secondary N) is 1. The van der Waals surface area contributed by atoms with Crippen LogP contribution in [0.4, 0.5) is 5.69 Å². The van der Waals surface area contributed by atoms with Crippen LogP contribution in [0.3, 0.4) is 0 Å². The van der Waals surface area contributed by atoms with E-state index in [4.69, 9.17) is 4.52 Å². The first-order chi connectivity index (χ1) is 10.7. The van der Waals surface area contributed by atoms with Gasteiger partial charge in [0, 0.05) is 10.0 Å². The zero-order valence-electron chi connectivity index (χ0n) is 11.8. The normalized spacial score (nSPS) is 10.5. The minimum atomic E-state index is -0.246. The highest BCUT2D eigenvalue weighted by Crippen LogP contribution is 2.27. The molecule has 0 radical (unpaired) electrons. The molecule has 0 aliphatic carbocycles. The van der Waals surface area contributed by atoms with Crippen molar-refractivity contribution >= 4 is 27.5 Å². The molecule has 5 heteroatoms. The van der Waals surface area contributed by atoms with Crippen LogP contribution in [-0.2, 0) is 0 Å². The van der Waals surface area contributed by atoms with E-state index in [0.29, 0.717) is 22.7 Å². The number of carbonyl (C=O) groups excluding carboxylic acids is 1. The fraction of sp³-hybridized carbons (Fsp3) is 0.0588. The van der Waals surface area contributed by atoms with Gasteiger partial charge in [0.05, 0.1) is 5.69 Å². The van der Waals surface area contributed by atoms with Crippen molar-refractivity contribution in [1.82, 2.24) is 5.16 Å². The summed E-state index contributed by atoms with van der Waals surface area (Å²) in [5.74, 6) is 0.243. The largest absolute Gasteiger partial charge is 0.360 e. The van der Waals surface area contributed by atoms with Crippen LogP contribution in [0.15, 0.2) is 63.6 Å². The van der Waals surface area contributed by atoms with Crippen LogP contribution in [0.2, 0.25) is 0 Å². The van der Waals surface area contributed by atoms with E-state index < -0.39 is 0 Å². The highest BCUT2D eigenvalue weighted by molar-refractivity contribution is 9.10. The molecule has 3 rings (SSSR count). The predicted octanol–water partition coefficient (Wildman–Crippen LogP) is 4.66. The van der Waals surface area contributed by atoms with E-state index in [1.807, 2.05) is 54.6 Å². The Hall–Kier alpha value is -2.40. The van der Waals surface area contributed by atoms with Gasteiger partial charge in [-0.3, -0.25) is 4.79 Å². The van der Waals surface area contributed by atoms with Crippen molar-refractivity contribution in [2.24, 2.45) is 0 Å². The van der Waals surface area contributed by atoms with Crippen molar-refractivity contribution in [3.8, 4) is 11.3 Å². The van der Waals surface area contributed by atoms with Crippen LogP contribution >= 0.6 is 15.9 Å². The molecular weight excluding hydrogens is 344 g/mol. The average Bonchev–Trinajstić information content (AvgIpc) is 2.92. The number of para-hydroxylation sites is 1. The minimum absolute atomic E-state index is 0.246. The maximum Gasteiger partial charge on any atom is 0.261 e. The summed E-state index contributed by atoms with van der Waals surface area (Å²) in [7, 11) is 0. The zero-order chi connectivity index (χ0) is 15.5. The molecule has 0 fully saturated rings. The molecule has 110 valence electrons. The highest BCUT2D eigenvalue weighted by Gasteiger charge is 2.21. The molecule has 0 unspecified atom stereocenters. The standard InChI is InChI=1S/C17H13BrN2O2/c1-11-15(16(20-22-11)12-7-3-2-4-8-12)17(21)19-14-10-6-5-9-13(14)18/h2-10H,1H3,(H,19,21). The average molecular weight is 357 g/mol.